The van der Waals surface area contributed by atoms with E-state index in [1.54, 1.807) is 6.20 Å². The number of nitriles is 1. The molecule has 2 aliphatic heterocycles. The number of nitrogens with zero attached hydrogens (tertiary/aromatic N) is 6. The van der Waals surface area contributed by atoms with Crippen LogP contribution in [-0.2, 0) is 11.3 Å². The molecular formula is C25H27N7O2. The maximum absolute atomic E-state index is 11.4. The number of rotatable bonds is 6. The van der Waals surface area contributed by atoms with Crippen LogP contribution in [0.2, 0.25) is 0 Å². The van der Waals surface area contributed by atoms with Crippen molar-refractivity contribution in [3.63, 3.8) is 0 Å². The molecule has 1 unspecified atom stereocenters. The molecule has 2 fully saturated rings. The van der Waals surface area contributed by atoms with Gasteiger partial charge >= 0.3 is 0 Å². The molecule has 1 atom stereocenters. The van der Waals surface area contributed by atoms with Crippen LogP contribution in [-0.4, -0.2) is 45.6 Å². The van der Waals surface area contributed by atoms with Crippen molar-refractivity contribution in [1.29, 1.82) is 5.26 Å². The number of piperidine rings is 1. The number of anilines is 1. The van der Waals surface area contributed by atoms with Crippen molar-refractivity contribution < 1.29 is 9.32 Å². The van der Waals surface area contributed by atoms with Gasteiger partial charge in [-0.2, -0.15) is 10.2 Å². The van der Waals surface area contributed by atoms with Gasteiger partial charge in [-0.15, -0.1) is 0 Å². The van der Waals surface area contributed by atoms with Gasteiger partial charge in [0.1, 0.15) is 5.82 Å². The number of likely N-dealkylation sites (tertiary alicyclic amines) is 1. The van der Waals surface area contributed by atoms with E-state index in [-0.39, 0.29) is 17.9 Å². The molecule has 1 amide bonds. The van der Waals surface area contributed by atoms with E-state index < -0.39 is 0 Å². The quantitative estimate of drug-likeness (QED) is 0.599. The summed E-state index contributed by atoms with van der Waals surface area (Å²) in [6.45, 7) is 3.22. The number of hydrogen-bond acceptors (Lipinski definition) is 8. The van der Waals surface area contributed by atoms with Gasteiger partial charge in [0.05, 0.1) is 17.7 Å². The second-order valence-electron chi connectivity index (χ2n) is 8.96. The Morgan fingerprint density at radius 3 is 2.68 bits per heavy atom. The minimum Gasteiger partial charge on any atom is -0.369 e. The molecule has 0 aliphatic carbocycles. The molecule has 9 nitrogen and oxygen atoms in total. The van der Waals surface area contributed by atoms with Gasteiger partial charge in [0.2, 0.25) is 17.6 Å². The van der Waals surface area contributed by atoms with Crippen LogP contribution in [0.5, 0.6) is 0 Å². The third-order valence-corrected chi connectivity index (χ3v) is 6.78. The number of nitrogens with two attached hydrogens (primary N) is 1. The Labute approximate surface area is 198 Å². The number of carbonyl (C=O) groups is 1. The fourth-order valence-electron chi connectivity index (χ4n) is 4.83. The van der Waals surface area contributed by atoms with E-state index in [9.17, 15) is 4.79 Å². The number of primary amides is 1. The molecular weight excluding hydrogens is 430 g/mol. The van der Waals surface area contributed by atoms with E-state index in [0.29, 0.717) is 17.3 Å². The molecule has 34 heavy (non-hydrogen) atoms. The van der Waals surface area contributed by atoms with E-state index in [0.717, 1.165) is 68.8 Å². The molecule has 2 N–H and O–H groups in total. The summed E-state index contributed by atoms with van der Waals surface area (Å²) in [5.41, 5.74) is 8.13. The van der Waals surface area contributed by atoms with E-state index >= 15 is 0 Å². The van der Waals surface area contributed by atoms with E-state index in [4.69, 9.17) is 20.5 Å². The van der Waals surface area contributed by atoms with Crippen LogP contribution in [0.1, 0.15) is 48.7 Å². The minimum absolute atomic E-state index is 0.0576. The number of benzene rings is 1. The zero-order valence-corrected chi connectivity index (χ0v) is 18.9. The lowest BCUT2D eigenvalue weighted by atomic mass is 9.96. The molecule has 2 aliphatic rings. The van der Waals surface area contributed by atoms with Crippen LogP contribution in [0.4, 0.5) is 5.82 Å². The molecule has 9 heteroatoms. The van der Waals surface area contributed by atoms with Crippen molar-refractivity contribution in [3.05, 3.63) is 59.6 Å². The first-order chi connectivity index (χ1) is 16.6. The second kappa shape index (κ2) is 9.61. The zero-order chi connectivity index (χ0) is 23.5. The molecule has 0 radical (unpaired) electrons. The van der Waals surface area contributed by atoms with Gasteiger partial charge in [0.25, 0.3) is 0 Å². The van der Waals surface area contributed by atoms with Crippen molar-refractivity contribution in [2.75, 3.05) is 24.5 Å². The molecule has 2 aromatic heterocycles. The van der Waals surface area contributed by atoms with Crippen LogP contribution in [0.25, 0.3) is 11.4 Å². The van der Waals surface area contributed by atoms with Crippen molar-refractivity contribution in [2.45, 2.75) is 38.3 Å². The summed E-state index contributed by atoms with van der Waals surface area (Å²) < 4.78 is 5.70. The summed E-state index contributed by atoms with van der Waals surface area (Å²) in [7, 11) is 0. The smallest absolute Gasteiger partial charge is 0.244 e. The number of carbonyl (C=O) groups excluding carboxylic acids is 1. The van der Waals surface area contributed by atoms with Gasteiger partial charge in [-0.3, -0.25) is 9.69 Å². The summed E-state index contributed by atoms with van der Waals surface area (Å²) in [5, 5.41) is 13.3. The summed E-state index contributed by atoms with van der Waals surface area (Å²) in [5.74, 6) is 1.74. The SMILES string of the molecule is N#Cc1ccc(CN2CCCC2c2nc(-c3ccnc(N4CCC(C(N)=O)CC4)c3)no2)cc1. The lowest BCUT2D eigenvalue weighted by Gasteiger charge is -2.31. The van der Waals surface area contributed by atoms with Crippen molar-refractivity contribution >= 4 is 11.7 Å². The first kappa shape index (κ1) is 22.0. The fourth-order valence-corrected chi connectivity index (χ4v) is 4.83. The maximum Gasteiger partial charge on any atom is 0.244 e. The summed E-state index contributed by atoms with van der Waals surface area (Å²) in [6, 6.07) is 13.8. The summed E-state index contributed by atoms with van der Waals surface area (Å²) >= 11 is 0. The minimum atomic E-state index is -0.221. The standard InChI is InChI=1S/C25H27N7O2/c26-15-17-3-5-18(6-4-17)16-32-11-1-2-21(32)25-29-24(30-34-25)20-7-10-28-22(14-20)31-12-8-19(9-13-31)23(27)33/h3-7,10,14,19,21H,1-2,8-9,11-13,16H2,(H2,27,33). The lowest BCUT2D eigenvalue weighted by molar-refractivity contribution is -0.122. The van der Waals surface area contributed by atoms with E-state index in [1.165, 1.54) is 0 Å². The molecule has 1 aromatic carbocycles. The number of pyridine rings is 1. The third kappa shape index (κ3) is 4.63. The Bertz CT molecular complexity index is 1190. The molecule has 0 bridgehead atoms. The van der Waals surface area contributed by atoms with Gasteiger partial charge in [0.15, 0.2) is 0 Å². The number of hydrogen-bond donors (Lipinski definition) is 1. The summed E-state index contributed by atoms with van der Waals surface area (Å²) in [4.78, 5) is 25.2. The molecule has 0 saturated carbocycles. The first-order valence-electron chi connectivity index (χ1n) is 11.7. The Morgan fingerprint density at radius 1 is 1.15 bits per heavy atom. The highest BCUT2D eigenvalue weighted by Crippen LogP contribution is 2.33. The average molecular weight is 458 g/mol. The largest absolute Gasteiger partial charge is 0.369 e. The maximum atomic E-state index is 11.4. The van der Waals surface area contributed by atoms with Gasteiger partial charge < -0.3 is 15.2 Å². The third-order valence-electron chi connectivity index (χ3n) is 6.78. The predicted molar refractivity (Wildman–Crippen MR) is 125 cm³/mol. The van der Waals surface area contributed by atoms with Crippen LogP contribution in [0, 0.1) is 17.2 Å². The fraction of sp³-hybridized carbons (Fsp3) is 0.400. The highest BCUT2D eigenvalue weighted by atomic mass is 16.5. The van der Waals surface area contributed by atoms with Crippen LogP contribution in [0.3, 0.4) is 0 Å². The summed E-state index contributed by atoms with van der Waals surface area (Å²) in [6.07, 6.45) is 5.27. The monoisotopic (exact) mass is 457 g/mol. The zero-order valence-electron chi connectivity index (χ0n) is 18.9. The van der Waals surface area contributed by atoms with Crippen LogP contribution >= 0.6 is 0 Å². The molecule has 174 valence electrons. The normalized spacial score (nSPS) is 19.3. The van der Waals surface area contributed by atoms with Gasteiger partial charge in [-0.25, -0.2) is 4.98 Å². The molecule has 3 aromatic rings. The highest BCUT2D eigenvalue weighted by Gasteiger charge is 2.31. The molecule has 4 heterocycles. The Balaban J connectivity index is 1.28. The van der Waals surface area contributed by atoms with Crippen LogP contribution < -0.4 is 10.6 Å². The topological polar surface area (TPSA) is 125 Å². The molecule has 2 saturated heterocycles. The Morgan fingerprint density at radius 2 is 1.94 bits per heavy atom. The van der Waals surface area contributed by atoms with E-state index in [2.05, 4.69) is 26.0 Å². The van der Waals surface area contributed by atoms with Gasteiger partial charge in [0, 0.05) is 37.3 Å². The van der Waals surface area contributed by atoms with Crippen molar-refractivity contribution in [1.82, 2.24) is 20.0 Å². The van der Waals surface area contributed by atoms with Gasteiger partial charge in [-0.05, 0) is 62.1 Å². The van der Waals surface area contributed by atoms with Crippen LogP contribution in [0.15, 0.2) is 47.1 Å². The Kier molecular flexibility index (Phi) is 6.23. The van der Waals surface area contributed by atoms with E-state index in [1.807, 2.05) is 36.4 Å². The first-order valence-corrected chi connectivity index (χ1v) is 11.7. The van der Waals surface area contributed by atoms with Crippen molar-refractivity contribution in [2.24, 2.45) is 11.7 Å². The second-order valence-corrected chi connectivity index (χ2v) is 8.96. The van der Waals surface area contributed by atoms with Gasteiger partial charge in [-0.1, -0.05) is 17.3 Å². The predicted octanol–water partition coefficient (Wildman–Crippen LogP) is 3.04. The highest BCUT2D eigenvalue weighted by molar-refractivity contribution is 5.77. The van der Waals surface area contributed by atoms with Crippen molar-refractivity contribution in [3.8, 4) is 17.5 Å². The number of aromatic nitrogens is 3. The average Bonchev–Trinajstić information content (AvgIpc) is 3.54. The molecule has 0 spiro atoms. The molecule has 5 rings (SSSR count). The lowest BCUT2D eigenvalue weighted by Crippen LogP contribution is -2.38. The number of amides is 1. The Hall–Kier alpha value is -3.77.